The molecule has 0 heterocycles. The molecule has 0 aliphatic heterocycles. The van der Waals surface area contributed by atoms with E-state index in [1.807, 2.05) is 6.07 Å². The minimum Gasteiger partial charge on any atom is -0.396 e. The maximum atomic E-state index is 10.7. The normalized spacial score (nSPS) is 10.5. The van der Waals surface area contributed by atoms with Crippen LogP contribution in [-0.4, -0.2) is 23.2 Å². The average molecular weight is 303 g/mol. The second kappa shape index (κ2) is 7.37. The van der Waals surface area contributed by atoms with Crippen LogP contribution in [0, 0.1) is 10.1 Å². The van der Waals surface area contributed by atoms with Crippen LogP contribution >= 0.6 is 15.9 Å². The molecule has 0 atom stereocenters. The average Bonchev–Trinajstić information content (AvgIpc) is 2.28. The van der Waals surface area contributed by atoms with Gasteiger partial charge in [-0.3, -0.25) is 10.1 Å². The maximum Gasteiger partial charge on any atom is 0.270 e. The van der Waals surface area contributed by atoms with Gasteiger partial charge in [0.1, 0.15) is 0 Å². The van der Waals surface area contributed by atoms with Crippen molar-refractivity contribution in [2.75, 3.05) is 13.2 Å². The van der Waals surface area contributed by atoms with Gasteiger partial charge in [0.25, 0.3) is 5.69 Å². The molecule has 0 aliphatic rings. The van der Waals surface area contributed by atoms with Crippen molar-refractivity contribution in [1.82, 2.24) is 5.32 Å². The van der Waals surface area contributed by atoms with Crippen LogP contribution in [0.2, 0.25) is 0 Å². The van der Waals surface area contributed by atoms with Crippen LogP contribution in [0.4, 0.5) is 5.69 Å². The highest BCUT2D eigenvalue weighted by Gasteiger charge is 2.08. The van der Waals surface area contributed by atoms with E-state index >= 15 is 0 Å². The number of aliphatic hydroxyl groups is 1. The number of rotatable bonds is 7. The number of hydrogen-bond acceptors (Lipinski definition) is 4. The van der Waals surface area contributed by atoms with Crippen LogP contribution in [0.15, 0.2) is 22.7 Å². The predicted octanol–water partition coefficient (Wildman–Crippen LogP) is 2.22. The zero-order valence-electron chi connectivity index (χ0n) is 9.36. The Kier molecular flexibility index (Phi) is 6.10. The summed E-state index contributed by atoms with van der Waals surface area (Å²) in [5.41, 5.74) is 0.960. The number of nitro groups is 1. The molecule has 1 aromatic carbocycles. The maximum absolute atomic E-state index is 10.7. The molecule has 0 aliphatic carbocycles. The third kappa shape index (κ3) is 5.25. The van der Waals surface area contributed by atoms with Crippen molar-refractivity contribution in [3.63, 3.8) is 0 Å². The quantitative estimate of drug-likeness (QED) is 0.460. The molecule has 0 saturated carbocycles. The van der Waals surface area contributed by atoms with Crippen LogP contribution in [0.1, 0.15) is 18.4 Å². The summed E-state index contributed by atoms with van der Waals surface area (Å²) in [5.74, 6) is 0. The molecule has 0 bridgehead atoms. The molecular weight excluding hydrogens is 288 g/mol. The molecule has 6 heteroatoms. The van der Waals surface area contributed by atoms with E-state index in [0.29, 0.717) is 11.0 Å². The minimum atomic E-state index is -0.403. The van der Waals surface area contributed by atoms with Crippen molar-refractivity contribution in [2.45, 2.75) is 19.4 Å². The van der Waals surface area contributed by atoms with Crippen molar-refractivity contribution in [3.8, 4) is 0 Å². The van der Waals surface area contributed by atoms with Gasteiger partial charge in [-0.05, 0) is 31.0 Å². The summed E-state index contributed by atoms with van der Waals surface area (Å²) >= 11 is 3.25. The molecule has 0 spiro atoms. The molecule has 17 heavy (non-hydrogen) atoms. The van der Waals surface area contributed by atoms with Crippen LogP contribution < -0.4 is 5.32 Å². The first-order valence-electron chi connectivity index (χ1n) is 5.39. The predicted molar refractivity (Wildman–Crippen MR) is 68.8 cm³/mol. The van der Waals surface area contributed by atoms with Gasteiger partial charge >= 0.3 is 0 Å². The summed E-state index contributed by atoms with van der Waals surface area (Å²) < 4.78 is 0.707. The SMILES string of the molecule is O=[N+]([O-])c1cc(Br)cc(CNCCCCO)c1. The molecule has 1 rings (SSSR count). The number of nitrogens with zero attached hydrogens (tertiary/aromatic N) is 1. The highest BCUT2D eigenvalue weighted by atomic mass is 79.9. The Balaban J connectivity index is 2.50. The highest BCUT2D eigenvalue weighted by molar-refractivity contribution is 9.10. The molecule has 0 unspecified atom stereocenters. The van der Waals surface area contributed by atoms with E-state index in [4.69, 9.17) is 5.11 Å². The number of halogens is 1. The summed E-state index contributed by atoms with van der Waals surface area (Å²) in [6.45, 7) is 1.58. The van der Waals surface area contributed by atoms with Gasteiger partial charge in [0.15, 0.2) is 0 Å². The Bertz CT molecular complexity index is 385. The molecule has 2 N–H and O–H groups in total. The smallest absolute Gasteiger partial charge is 0.270 e. The van der Waals surface area contributed by atoms with Crippen LogP contribution in [0.25, 0.3) is 0 Å². The van der Waals surface area contributed by atoms with E-state index in [1.54, 1.807) is 6.07 Å². The lowest BCUT2D eigenvalue weighted by Gasteiger charge is -2.05. The second-order valence-corrected chi connectivity index (χ2v) is 4.60. The van der Waals surface area contributed by atoms with Gasteiger partial charge in [-0.1, -0.05) is 15.9 Å². The number of aliphatic hydroxyl groups excluding tert-OH is 1. The second-order valence-electron chi connectivity index (χ2n) is 3.68. The Morgan fingerprint density at radius 1 is 1.35 bits per heavy atom. The number of nitro benzene ring substituents is 1. The summed E-state index contributed by atoms with van der Waals surface area (Å²) in [4.78, 5) is 10.3. The fourth-order valence-corrected chi connectivity index (χ4v) is 1.96. The molecule has 1 aromatic rings. The summed E-state index contributed by atoms with van der Waals surface area (Å²) in [6.07, 6.45) is 1.66. The lowest BCUT2D eigenvalue weighted by Crippen LogP contribution is -2.15. The molecule has 5 nitrogen and oxygen atoms in total. The Morgan fingerprint density at radius 3 is 2.76 bits per heavy atom. The summed E-state index contributed by atoms with van der Waals surface area (Å²) in [6, 6.07) is 4.89. The fourth-order valence-electron chi connectivity index (χ4n) is 1.44. The topological polar surface area (TPSA) is 75.4 Å². The zero-order valence-corrected chi connectivity index (χ0v) is 10.9. The first-order chi connectivity index (χ1) is 8.13. The van der Waals surface area contributed by atoms with Crippen LogP contribution in [0.3, 0.4) is 0 Å². The van der Waals surface area contributed by atoms with Gasteiger partial charge in [0.05, 0.1) is 4.92 Å². The lowest BCUT2D eigenvalue weighted by atomic mass is 10.2. The number of non-ortho nitro benzene ring substituents is 1. The Labute approximate surface area is 108 Å². The summed E-state index contributed by atoms with van der Waals surface area (Å²) in [7, 11) is 0. The van der Waals surface area contributed by atoms with E-state index in [9.17, 15) is 10.1 Å². The summed E-state index contributed by atoms with van der Waals surface area (Å²) in [5, 5.41) is 22.4. The molecule has 0 radical (unpaired) electrons. The third-order valence-corrected chi connectivity index (χ3v) is 2.70. The first-order valence-corrected chi connectivity index (χ1v) is 6.18. The van der Waals surface area contributed by atoms with E-state index < -0.39 is 4.92 Å². The molecule has 0 amide bonds. The molecule has 0 saturated heterocycles. The van der Waals surface area contributed by atoms with Gasteiger partial charge in [-0.2, -0.15) is 0 Å². The first kappa shape index (κ1) is 14.1. The van der Waals surface area contributed by atoms with Crippen molar-refractivity contribution in [1.29, 1.82) is 0 Å². The third-order valence-electron chi connectivity index (χ3n) is 2.24. The standard InChI is InChI=1S/C11H15BrN2O3/c12-10-5-9(6-11(7-10)14(16)17)8-13-3-1-2-4-15/h5-7,13,15H,1-4,8H2. The number of hydrogen-bond donors (Lipinski definition) is 2. The van der Waals surface area contributed by atoms with Gasteiger partial charge < -0.3 is 10.4 Å². The Morgan fingerprint density at radius 2 is 2.12 bits per heavy atom. The van der Waals surface area contributed by atoms with Crippen LogP contribution in [-0.2, 0) is 6.54 Å². The van der Waals surface area contributed by atoms with Gasteiger partial charge in [-0.15, -0.1) is 0 Å². The van der Waals surface area contributed by atoms with E-state index in [0.717, 1.165) is 24.9 Å². The van der Waals surface area contributed by atoms with Crippen molar-refractivity contribution in [2.24, 2.45) is 0 Å². The van der Waals surface area contributed by atoms with Gasteiger partial charge in [0.2, 0.25) is 0 Å². The zero-order chi connectivity index (χ0) is 12.7. The van der Waals surface area contributed by atoms with Crippen molar-refractivity contribution in [3.05, 3.63) is 38.3 Å². The van der Waals surface area contributed by atoms with Crippen molar-refractivity contribution < 1.29 is 10.0 Å². The molecule has 0 aromatic heterocycles. The lowest BCUT2D eigenvalue weighted by molar-refractivity contribution is -0.385. The Hall–Kier alpha value is -0.980. The van der Waals surface area contributed by atoms with Crippen LogP contribution in [0.5, 0.6) is 0 Å². The molecule has 94 valence electrons. The van der Waals surface area contributed by atoms with Gasteiger partial charge in [-0.25, -0.2) is 0 Å². The number of unbranched alkanes of at least 4 members (excludes halogenated alkanes) is 1. The minimum absolute atomic E-state index is 0.0894. The number of nitrogens with one attached hydrogen (secondary N) is 1. The monoisotopic (exact) mass is 302 g/mol. The highest BCUT2D eigenvalue weighted by Crippen LogP contribution is 2.21. The van der Waals surface area contributed by atoms with Crippen molar-refractivity contribution >= 4 is 21.6 Å². The largest absolute Gasteiger partial charge is 0.396 e. The van der Waals surface area contributed by atoms with E-state index in [-0.39, 0.29) is 12.3 Å². The fraction of sp³-hybridized carbons (Fsp3) is 0.455. The van der Waals surface area contributed by atoms with E-state index in [1.165, 1.54) is 6.07 Å². The molecule has 0 fully saturated rings. The van der Waals surface area contributed by atoms with E-state index in [2.05, 4.69) is 21.2 Å². The number of benzene rings is 1. The van der Waals surface area contributed by atoms with Gasteiger partial charge in [0, 0.05) is 29.8 Å². The molecular formula is C11H15BrN2O3.